The molecule has 0 radical (unpaired) electrons. The first kappa shape index (κ1) is 7.56. The summed E-state index contributed by atoms with van der Waals surface area (Å²) in [5, 5.41) is 10.5. The van der Waals surface area contributed by atoms with Crippen molar-refractivity contribution >= 4 is 0 Å². The Balaban J connectivity index is 2.04. The molecule has 1 N–H and O–H groups in total. The molecule has 1 heterocycles. The Morgan fingerprint density at radius 2 is 2.54 bits per heavy atom. The zero-order chi connectivity index (χ0) is 9.05. The summed E-state index contributed by atoms with van der Waals surface area (Å²) in [6, 6.07) is 0. The van der Waals surface area contributed by atoms with Gasteiger partial charge in [-0.2, -0.15) is 0 Å². The van der Waals surface area contributed by atoms with Gasteiger partial charge in [0.25, 0.3) is 0 Å². The highest BCUT2D eigenvalue weighted by molar-refractivity contribution is 5.20. The number of imidazole rings is 1. The monoisotopic (exact) mass is 178 g/mol. The number of hydrogen-bond donors (Lipinski definition) is 1. The Bertz CT molecular complexity index is 346. The predicted octanol–water partition coefficient (Wildman–Crippen LogP) is 1.04. The van der Waals surface area contributed by atoms with Crippen molar-refractivity contribution in [2.24, 2.45) is 18.9 Å². The third kappa shape index (κ3) is 0.854. The fourth-order valence-electron chi connectivity index (χ4n) is 2.83. The average molecular weight is 178 g/mol. The van der Waals surface area contributed by atoms with Crippen LogP contribution < -0.4 is 0 Å². The van der Waals surface area contributed by atoms with Crippen LogP contribution in [0.1, 0.15) is 25.0 Å². The quantitative estimate of drug-likeness (QED) is 0.697. The van der Waals surface area contributed by atoms with Crippen LogP contribution in [-0.4, -0.2) is 14.7 Å². The van der Waals surface area contributed by atoms with Crippen molar-refractivity contribution in [3.8, 4) is 0 Å². The van der Waals surface area contributed by atoms with Gasteiger partial charge in [0.15, 0.2) is 0 Å². The van der Waals surface area contributed by atoms with Gasteiger partial charge in [-0.15, -0.1) is 0 Å². The molecule has 1 aromatic rings. The van der Waals surface area contributed by atoms with Gasteiger partial charge in [-0.1, -0.05) is 0 Å². The molecule has 0 bridgehead atoms. The lowest BCUT2D eigenvalue weighted by Crippen LogP contribution is -2.28. The van der Waals surface area contributed by atoms with E-state index in [-0.39, 0.29) is 0 Å². The molecule has 70 valence electrons. The van der Waals surface area contributed by atoms with Gasteiger partial charge in [0.05, 0.1) is 18.2 Å². The molecule has 0 spiro atoms. The number of rotatable bonds is 1. The lowest BCUT2D eigenvalue weighted by molar-refractivity contribution is 0.0137. The largest absolute Gasteiger partial charge is 0.383 e. The summed E-state index contributed by atoms with van der Waals surface area (Å²) in [4.78, 5) is 4.07. The van der Waals surface area contributed by atoms with Crippen LogP contribution in [0.15, 0.2) is 12.5 Å². The van der Waals surface area contributed by atoms with E-state index < -0.39 is 5.60 Å². The van der Waals surface area contributed by atoms with E-state index in [2.05, 4.69) is 4.98 Å². The Morgan fingerprint density at radius 1 is 1.69 bits per heavy atom. The van der Waals surface area contributed by atoms with E-state index in [1.165, 1.54) is 12.8 Å². The van der Waals surface area contributed by atoms with E-state index in [1.54, 1.807) is 12.5 Å². The first-order chi connectivity index (χ1) is 6.22. The highest BCUT2D eigenvalue weighted by Gasteiger charge is 2.58. The molecule has 0 saturated heterocycles. The smallest absolute Gasteiger partial charge is 0.109 e. The molecule has 0 aliphatic heterocycles. The third-order valence-corrected chi connectivity index (χ3v) is 3.69. The van der Waals surface area contributed by atoms with E-state index in [1.807, 2.05) is 11.6 Å². The maximum atomic E-state index is 10.5. The van der Waals surface area contributed by atoms with Gasteiger partial charge in [-0.05, 0) is 31.1 Å². The minimum Gasteiger partial charge on any atom is -0.383 e. The SMILES string of the molecule is Cn1cncc1C1(O)CCC2CC21. The van der Waals surface area contributed by atoms with Crippen LogP contribution in [-0.2, 0) is 12.6 Å². The summed E-state index contributed by atoms with van der Waals surface area (Å²) in [5.74, 6) is 1.31. The summed E-state index contributed by atoms with van der Waals surface area (Å²) in [6.45, 7) is 0. The highest BCUT2D eigenvalue weighted by atomic mass is 16.3. The number of aromatic nitrogens is 2. The third-order valence-electron chi connectivity index (χ3n) is 3.69. The van der Waals surface area contributed by atoms with Gasteiger partial charge < -0.3 is 9.67 Å². The van der Waals surface area contributed by atoms with E-state index >= 15 is 0 Å². The summed E-state index contributed by atoms with van der Waals surface area (Å²) in [5.41, 5.74) is 0.438. The zero-order valence-corrected chi connectivity index (χ0v) is 7.77. The molecule has 0 aromatic carbocycles. The van der Waals surface area contributed by atoms with Gasteiger partial charge in [0, 0.05) is 7.05 Å². The molecule has 3 unspecified atom stereocenters. The van der Waals surface area contributed by atoms with Gasteiger partial charge in [-0.3, -0.25) is 0 Å². The average Bonchev–Trinajstić information content (AvgIpc) is 2.67. The lowest BCUT2D eigenvalue weighted by Gasteiger charge is -2.24. The number of nitrogens with zero attached hydrogens (tertiary/aromatic N) is 2. The Kier molecular flexibility index (Phi) is 1.25. The van der Waals surface area contributed by atoms with E-state index in [0.29, 0.717) is 5.92 Å². The molecule has 2 aliphatic rings. The summed E-state index contributed by atoms with van der Waals surface area (Å²) in [7, 11) is 1.95. The molecule has 3 heteroatoms. The first-order valence-electron chi connectivity index (χ1n) is 4.91. The Hall–Kier alpha value is -0.830. The number of aryl methyl sites for hydroxylation is 1. The zero-order valence-electron chi connectivity index (χ0n) is 7.77. The molecule has 3 atom stereocenters. The van der Waals surface area contributed by atoms with Crippen LogP contribution in [0.25, 0.3) is 0 Å². The predicted molar refractivity (Wildman–Crippen MR) is 47.9 cm³/mol. The molecule has 13 heavy (non-hydrogen) atoms. The van der Waals surface area contributed by atoms with Crippen LogP contribution in [0.5, 0.6) is 0 Å². The molecule has 2 saturated carbocycles. The van der Waals surface area contributed by atoms with Crippen molar-refractivity contribution in [1.82, 2.24) is 9.55 Å². The molecule has 3 rings (SSSR count). The highest BCUT2D eigenvalue weighted by Crippen LogP contribution is 2.61. The Labute approximate surface area is 77.4 Å². The van der Waals surface area contributed by atoms with Crippen LogP contribution in [0, 0.1) is 11.8 Å². The molecular weight excluding hydrogens is 164 g/mol. The first-order valence-corrected chi connectivity index (χ1v) is 4.91. The molecule has 3 nitrogen and oxygen atoms in total. The lowest BCUT2D eigenvalue weighted by atomic mass is 9.94. The van der Waals surface area contributed by atoms with Crippen molar-refractivity contribution < 1.29 is 5.11 Å². The number of hydrogen-bond acceptors (Lipinski definition) is 2. The molecule has 1 aromatic heterocycles. The maximum Gasteiger partial charge on any atom is 0.109 e. The fourth-order valence-corrected chi connectivity index (χ4v) is 2.83. The molecule has 2 aliphatic carbocycles. The van der Waals surface area contributed by atoms with Crippen molar-refractivity contribution in [3.05, 3.63) is 18.2 Å². The van der Waals surface area contributed by atoms with Crippen molar-refractivity contribution in [1.29, 1.82) is 0 Å². The summed E-state index contributed by atoms with van der Waals surface area (Å²) >= 11 is 0. The van der Waals surface area contributed by atoms with Crippen molar-refractivity contribution in [3.63, 3.8) is 0 Å². The van der Waals surface area contributed by atoms with Crippen LogP contribution in [0.2, 0.25) is 0 Å². The van der Waals surface area contributed by atoms with Crippen LogP contribution in [0.4, 0.5) is 0 Å². The summed E-state index contributed by atoms with van der Waals surface area (Å²) in [6.07, 6.45) is 6.89. The molecule has 0 amide bonds. The number of fused-ring (bicyclic) bond motifs is 1. The van der Waals surface area contributed by atoms with Crippen molar-refractivity contribution in [2.75, 3.05) is 0 Å². The van der Waals surface area contributed by atoms with E-state index in [0.717, 1.165) is 18.0 Å². The fraction of sp³-hybridized carbons (Fsp3) is 0.700. The second-order valence-corrected chi connectivity index (χ2v) is 4.45. The Morgan fingerprint density at radius 3 is 3.00 bits per heavy atom. The van der Waals surface area contributed by atoms with Gasteiger partial charge in [-0.25, -0.2) is 4.98 Å². The maximum absolute atomic E-state index is 10.5. The van der Waals surface area contributed by atoms with Crippen LogP contribution in [0.3, 0.4) is 0 Å². The second kappa shape index (κ2) is 2.15. The van der Waals surface area contributed by atoms with Crippen molar-refractivity contribution in [2.45, 2.75) is 24.9 Å². The van der Waals surface area contributed by atoms with Gasteiger partial charge >= 0.3 is 0 Å². The van der Waals surface area contributed by atoms with Gasteiger partial charge in [0.2, 0.25) is 0 Å². The van der Waals surface area contributed by atoms with E-state index in [9.17, 15) is 5.11 Å². The normalized spacial score (nSPS) is 42.0. The molecular formula is C10H14N2O. The van der Waals surface area contributed by atoms with Gasteiger partial charge in [0.1, 0.15) is 5.60 Å². The standard InChI is InChI=1S/C10H14N2O/c1-12-6-11-5-9(12)10(13)3-2-7-4-8(7)10/h5-8,13H,2-4H2,1H3. The topological polar surface area (TPSA) is 38.0 Å². The van der Waals surface area contributed by atoms with Crippen LogP contribution >= 0.6 is 0 Å². The van der Waals surface area contributed by atoms with E-state index in [4.69, 9.17) is 0 Å². The minimum atomic E-state index is -0.560. The molecule has 2 fully saturated rings. The second-order valence-electron chi connectivity index (χ2n) is 4.45. The number of aliphatic hydroxyl groups is 1. The summed E-state index contributed by atoms with van der Waals surface area (Å²) < 4.78 is 1.95. The minimum absolute atomic E-state index is 0.517.